The summed E-state index contributed by atoms with van der Waals surface area (Å²) in [7, 11) is 3.16. The maximum Gasteiger partial charge on any atom is 0.435 e. The molecular formula is C20H14ClF3N4O2. The molecule has 0 saturated heterocycles. The predicted molar refractivity (Wildman–Crippen MR) is 109 cm³/mol. The van der Waals surface area contributed by atoms with E-state index in [4.69, 9.17) is 11.6 Å². The Morgan fingerprint density at radius 3 is 2.23 bits per heavy atom. The first-order valence-corrected chi connectivity index (χ1v) is 9.09. The van der Waals surface area contributed by atoms with Gasteiger partial charge >= 0.3 is 11.9 Å². The van der Waals surface area contributed by atoms with Crippen molar-refractivity contribution in [3.05, 3.63) is 69.1 Å². The molecule has 0 unspecified atom stereocenters. The van der Waals surface area contributed by atoms with Gasteiger partial charge in [0.1, 0.15) is 0 Å². The van der Waals surface area contributed by atoms with Crippen LogP contribution in [0.5, 0.6) is 0 Å². The van der Waals surface area contributed by atoms with Crippen molar-refractivity contribution in [2.75, 3.05) is 5.01 Å². The molecule has 0 spiro atoms. The molecule has 6 nitrogen and oxygen atoms in total. The molecule has 0 fully saturated rings. The third-order valence-electron chi connectivity index (χ3n) is 4.82. The topological polar surface area (TPSA) is 59.6 Å². The minimum absolute atomic E-state index is 0.162. The number of hydrogen-bond donors (Lipinski definition) is 0. The van der Waals surface area contributed by atoms with Gasteiger partial charge in [0.25, 0.3) is 5.91 Å². The summed E-state index contributed by atoms with van der Waals surface area (Å²) in [5.41, 5.74) is -0.491. The maximum atomic E-state index is 13.6. The largest absolute Gasteiger partial charge is 0.435 e. The molecule has 0 radical (unpaired) electrons. The van der Waals surface area contributed by atoms with Gasteiger partial charge in [0.15, 0.2) is 5.71 Å². The number of hydrogen-bond acceptors (Lipinski definition) is 3. The first-order chi connectivity index (χ1) is 14.1. The first-order valence-electron chi connectivity index (χ1n) is 8.71. The van der Waals surface area contributed by atoms with Crippen molar-refractivity contribution in [3.63, 3.8) is 0 Å². The molecule has 0 atom stereocenters. The van der Waals surface area contributed by atoms with Crippen LogP contribution in [0.25, 0.3) is 17.1 Å². The molecule has 2 aromatic carbocycles. The van der Waals surface area contributed by atoms with Gasteiger partial charge in [-0.2, -0.15) is 23.3 Å². The van der Waals surface area contributed by atoms with E-state index in [1.54, 1.807) is 32.3 Å². The normalized spacial score (nSPS) is 16.1. The fraction of sp³-hybridized carbons (Fsp3) is 0.150. The molecule has 2 heterocycles. The Balaban J connectivity index is 1.83. The number of halogens is 4. The highest BCUT2D eigenvalue weighted by molar-refractivity contribution is 6.34. The van der Waals surface area contributed by atoms with E-state index < -0.39 is 23.4 Å². The van der Waals surface area contributed by atoms with Gasteiger partial charge in [-0.3, -0.25) is 13.9 Å². The van der Waals surface area contributed by atoms with E-state index in [1.807, 2.05) is 0 Å². The molecule has 1 aromatic heterocycles. The molecule has 4 rings (SSSR count). The standard InChI is InChI=1S/C20H14ClF3N4O2/c1-26-15-8-3-11(10-16(15)27(2)19(26)30)9-14-17(20(22,23)24)25-28(18(14)29)13-6-4-12(21)5-7-13/h3-10H,1-2H3. The van der Waals surface area contributed by atoms with Crippen LogP contribution in [0.4, 0.5) is 18.9 Å². The van der Waals surface area contributed by atoms with Crippen molar-refractivity contribution in [1.29, 1.82) is 0 Å². The number of fused-ring (bicyclic) bond motifs is 1. The summed E-state index contributed by atoms with van der Waals surface area (Å²) >= 11 is 5.81. The zero-order chi connectivity index (χ0) is 21.8. The van der Waals surface area contributed by atoms with Crippen LogP contribution in [0, 0.1) is 0 Å². The highest BCUT2D eigenvalue weighted by atomic mass is 35.5. The maximum absolute atomic E-state index is 13.6. The second-order valence-electron chi connectivity index (χ2n) is 6.75. The van der Waals surface area contributed by atoms with E-state index >= 15 is 0 Å². The van der Waals surface area contributed by atoms with E-state index in [9.17, 15) is 22.8 Å². The number of imidazole rings is 1. The Morgan fingerprint density at radius 1 is 0.967 bits per heavy atom. The van der Waals surface area contributed by atoms with E-state index in [0.717, 1.165) is 6.08 Å². The number of aryl methyl sites for hydroxylation is 2. The fourth-order valence-electron chi connectivity index (χ4n) is 3.29. The smallest absolute Gasteiger partial charge is 0.295 e. The van der Waals surface area contributed by atoms with Crippen LogP contribution in [0.3, 0.4) is 0 Å². The number of carbonyl (C=O) groups excluding carboxylic acids is 1. The Hall–Kier alpha value is -3.33. The van der Waals surface area contributed by atoms with E-state index in [-0.39, 0.29) is 11.4 Å². The molecule has 0 bridgehead atoms. The van der Waals surface area contributed by atoms with Crippen molar-refractivity contribution in [2.24, 2.45) is 19.2 Å². The van der Waals surface area contributed by atoms with Crippen LogP contribution >= 0.6 is 11.6 Å². The van der Waals surface area contributed by atoms with Gasteiger partial charge in [-0.25, -0.2) is 4.79 Å². The van der Waals surface area contributed by atoms with Gasteiger partial charge in [0.2, 0.25) is 0 Å². The molecule has 10 heteroatoms. The summed E-state index contributed by atoms with van der Waals surface area (Å²) in [6.45, 7) is 0. The zero-order valence-corrected chi connectivity index (χ0v) is 16.5. The molecule has 1 aliphatic rings. The van der Waals surface area contributed by atoms with Crippen LogP contribution in [0.15, 0.2) is 57.9 Å². The number of aromatic nitrogens is 2. The van der Waals surface area contributed by atoms with E-state index in [2.05, 4.69) is 5.10 Å². The third-order valence-corrected chi connectivity index (χ3v) is 5.08. The van der Waals surface area contributed by atoms with E-state index in [1.165, 1.54) is 33.4 Å². The van der Waals surface area contributed by atoms with E-state index in [0.29, 0.717) is 26.6 Å². The second-order valence-corrected chi connectivity index (χ2v) is 7.18. The SMILES string of the molecule is Cn1c(=O)n(C)c2cc(C=C3C(=O)N(c4ccc(Cl)cc4)N=C3C(F)(F)F)ccc21. The minimum Gasteiger partial charge on any atom is -0.295 e. The van der Waals surface area contributed by atoms with Gasteiger partial charge in [0, 0.05) is 19.1 Å². The Morgan fingerprint density at radius 2 is 1.60 bits per heavy atom. The first kappa shape index (κ1) is 20.0. The molecular weight excluding hydrogens is 421 g/mol. The van der Waals surface area contributed by atoms with Crippen molar-refractivity contribution >= 4 is 46.0 Å². The Kier molecular flexibility index (Phi) is 4.58. The lowest BCUT2D eigenvalue weighted by atomic mass is 10.1. The van der Waals surface area contributed by atoms with Crippen molar-refractivity contribution < 1.29 is 18.0 Å². The molecule has 30 heavy (non-hydrogen) atoms. The van der Waals surface area contributed by atoms with Crippen LogP contribution < -0.4 is 10.7 Å². The number of carbonyl (C=O) groups is 1. The summed E-state index contributed by atoms with van der Waals surface area (Å²) in [5, 5.41) is 4.59. The second kappa shape index (κ2) is 6.88. The van der Waals surface area contributed by atoms with Gasteiger partial charge in [0.05, 0.1) is 22.3 Å². The number of amides is 1. The minimum atomic E-state index is -4.83. The quantitative estimate of drug-likeness (QED) is 0.575. The monoisotopic (exact) mass is 434 g/mol. The van der Waals surface area contributed by atoms with Crippen molar-refractivity contribution in [2.45, 2.75) is 6.18 Å². The van der Waals surface area contributed by atoms with Crippen LogP contribution in [-0.2, 0) is 18.9 Å². The number of alkyl halides is 3. The molecule has 154 valence electrons. The highest BCUT2D eigenvalue weighted by Gasteiger charge is 2.46. The highest BCUT2D eigenvalue weighted by Crippen LogP contribution is 2.33. The average molecular weight is 435 g/mol. The lowest BCUT2D eigenvalue weighted by Crippen LogP contribution is -2.25. The summed E-state index contributed by atoms with van der Waals surface area (Å²) in [4.78, 5) is 24.9. The summed E-state index contributed by atoms with van der Waals surface area (Å²) in [5.74, 6) is -0.910. The lowest BCUT2D eigenvalue weighted by molar-refractivity contribution is -0.114. The number of anilines is 1. The lowest BCUT2D eigenvalue weighted by Gasteiger charge is -2.11. The van der Waals surface area contributed by atoms with Crippen LogP contribution in [0.2, 0.25) is 5.02 Å². The van der Waals surface area contributed by atoms with Crippen molar-refractivity contribution in [1.82, 2.24) is 9.13 Å². The molecule has 0 N–H and O–H groups in total. The van der Waals surface area contributed by atoms with Gasteiger partial charge in [-0.05, 0) is 48.0 Å². The third kappa shape index (κ3) is 3.21. The number of nitrogens with zero attached hydrogens (tertiary/aromatic N) is 4. The van der Waals surface area contributed by atoms with Crippen molar-refractivity contribution in [3.8, 4) is 0 Å². The molecule has 1 amide bonds. The number of hydrazone groups is 1. The molecule has 1 aliphatic heterocycles. The molecule has 3 aromatic rings. The fourth-order valence-corrected chi connectivity index (χ4v) is 3.42. The van der Waals surface area contributed by atoms with Gasteiger partial charge in [-0.1, -0.05) is 17.7 Å². The van der Waals surface area contributed by atoms with Gasteiger partial charge < -0.3 is 0 Å². The van der Waals surface area contributed by atoms with Crippen LogP contribution in [0.1, 0.15) is 5.56 Å². The number of benzene rings is 2. The predicted octanol–water partition coefficient (Wildman–Crippen LogP) is 3.88. The Labute approximate surface area is 173 Å². The zero-order valence-electron chi connectivity index (χ0n) is 15.7. The van der Waals surface area contributed by atoms with Gasteiger partial charge in [-0.15, -0.1) is 0 Å². The summed E-state index contributed by atoms with van der Waals surface area (Å²) in [6.07, 6.45) is -3.70. The molecule has 0 aliphatic carbocycles. The summed E-state index contributed by atoms with van der Waals surface area (Å²) in [6, 6.07) is 10.4. The molecule has 0 saturated carbocycles. The number of rotatable bonds is 2. The Bertz CT molecular complexity index is 1300. The average Bonchev–Trinajstić information content (AvgIpc) is 3.13. The van der Waals surface area contributed by atoms with Crippen LogP contribution in [-0.4, -0.2) is 26.9 Å². The summed E-state index contributed by atoms with van der Waals surface area (Å²) < 4.78 is 43.6.